The standard InChI is InChI=1S/C12H23N3/c1-2-11(3-1)10-14-4-6-15(7-5-14)12-8-13-9-12/h11-13H,1-10H2. The minimum atomic E-state index is 0.857. The molecule has 3 aliphatic rings. The molecule has 0 aromatic carbocycles. The van der Waals surface area contributed by atoms with Crippen molar-refractivity contribution in [3.63, 3.8) is 0 Å². The Balaban J connectivity index is 1.39. The second-order valence-electron chi connectivity index (χ2n) is 5.45. The van der Waals surface area contributed by atoms with Crippen molar-refractivity contribution in [1.29, 1.82) is 0 Å². The van der Waals surface area contributed by atoms with Gasteiger partial charge in [0.25, 0.3) is 0 Å². The van der Waals surface area contributed by atoms with Crippen molar-refractivity contribution in [3.8, 4) is 0 Å². The summed E-state index contributed by atoms with van der Waals surface area (Å²) in [5.41, 5.74) is 0. The third-order valence-electron chi connectivity index (χ3n) is 4.42. The summed E-state index contributed by atoms with van der Waals surface area (Å²) in [5, 5.41) is 3.36. The molecule has 2 aliphatic heterocycles. The Hall–Kier alpha value is -0.120. The fourth-order valence-corrected chi connectivity index (χ4v) is 2.88. The first-order valence-corrected chi connectivity index (χ1v) is 6.59. The van der Waals surface area contributed by atoms with E-state index < -0.39 is 0 Å². The quantitative estimate of drug-likeness (QED) is 0.725. The molecule has 0 amide bonds. The summed E-state index contributed by atoms with van der Waals surface area (Å²) in [5.74, 6) is 1.04. The van der Waals surface area contributed by atoms with Crippen LogP contribution in [0.1, 0.15) is 19.3 Å². The van der Waals surface area contributed by atoms with Crippen molar-refractivity contribution in [2.24, 2.45) is 5.92 Å². The number of hydrogen-bond donors (Lipinski definition) is 1. The van der Waals surface area contributed by atoms with Gasteiger partial charge in [-0.2, -0.15) is 0 Å². The lowest BCUT2D eigenvalue weighted by atomic mass is 9.85. The molecule has 0 bridgehead atoms. The van der Waals surface area contributed by atoms with Crippen LogP contribution in [0.5, 0.6) is 0 Å². The van der Waals surface area contributed by atoms with Crippen molar-refractivity contribution < 1.29 is 0 Å². The molecular formula is C12H23N3. The zero-order valence-electron chi connectivity index (χ0n) is 9.62. The van der Waals surface area contributed by atoms with Gasteiger partial charge in [-0.25, -0.2) is 0 Å². The molecule has 3 rings (SSSR count). The van der Waals surface area contributed by atoms with Crippen LogP contribution in [0.25, 0.3) is 0 Å². The molecule has 2 heterocycles. The fraction of sp³-hybridized carbons (Fsp3) is 1.00. The van der Waals surface area contributed by atoms with Gasteiger partial charge in [-0.05, 0) is 18.8 Å². The van der Waals surface area contributed by atoms with E-state index in [9.17, 15) is 0 Å². The van der Waals surface area contributed by atoms with Gasteiger partial charge < -0.3 is 10.2 Å². The normalized spacial score (nSPS) is 31.2. The highest BCUT2D eigenvalue weighted by Gasteiger charge is 2.29. The van der Waals surface area contributed by atoms with E-state index >= 15 is 0 Å². The number of hydrogen-bond acceptors (Lipinski definition) is 3. The van der Waals surface area contributed by atoms with E-state index in [-0.39, 0.29) is 0 Å². The molecule has 15 heavy (non-hydrogen) atoms. The van der Waals surface area contributed by atoms with Crippen LogP contribution >= 0.6 is 0 Å². The molecular weight excluding hydrogens is 186 g/mol. The maximum atomic E-state index is 3.36. The van der Waals surface area contributed by atoms with Crippen molar-refractivity contribution in [2.75, 3.05) is 45.8 Å². The SMILES string of the molecule is C1CC(CN2CCN(C3CNC3)CC2)C1. The highest BCUT2D eigenvalue weighted by atomic mass is 15.3. The van der Waals surface area contributed by atoms with Gasteiger partial charge in [0.05, 0.1) is 0 Å². The molecule has 3 fully saturated rings. The molecule has 3 nitrogen and oxygen atoms in total. The first kappa shape index (κ1) is 10.1. The Morgan fingerprint density at radius 1 is 1.00 bits per heavy atom. The summed E-state index contributed by atoms with van der Waals surface area (Å²) in [7, 11) is 0. The third-order valence-corrected chi connectivity index (χ3v) is 4.42. The van der Waals surface area contributed by atoms with Gasteiger partial charge in [-0.1, -0.05) is 6.42 Å². The van der Waals surface area contributed by atoms with E-state index in [0.717, 1.165) is 12.0 Å². The summed E-state index contributed by atoms with van der Waals surface area (Å²) < 4.78 is 0. The monoisotopic (exact) mass is 209 g/mol. The van der Waals surface area contributed by atoms with Crippen LogP contribution in [0.3, 0.4) is 0 Å². The Morgan fingerprint density at radius 3 is 2.20 bits per heavy atom. The van der Waals surface area contributed by atoms with Gasteiger partial charge in [0.15, 0.2) is 0 Å². The number of nitrogens with one attached hydrogen (secondary N) is 1. The summed E-state index contributed by atoms with van der Waals surface area (Å²) in [6.45, 7) is 9.07. The average Bonchev–Trinajstić information content (AvgIpc) is 2.11. The minimum Gasteiger partial charge on any atom is -0.314 e. The molecule has 0 radical (unpaired) electrons. The first-order valence-electron chi connectivity index (χ1n) is 6.59. The molecule has 86 valence electrons. The molecule has 0 unspecified atom stereocenters. The van der Waals surface area contributed by atoms with Gasteiger partial charge >= 0.3 is 0 Å². The first-order chi connectivity index (χ1) is 7.42. The van der Waals surface area contributed by atoms with Crippen LogP contribution in [0, 0.1) is 5.92 Å². The zero-order valence-corrected chi connectivity index (χ0v) is 9.62. The Kier molecular flexibility index (Phi) is 2.95. The van der Waals surface area contributed by atoms with Gasteiger partial charge in [-0.3, -0.25) is 4.90 Å². The Labute approximate surface area is 92.8 Å². The predicted molar refractivity (Wildman–Crippen MR) is 62.0 cm³/mol. The molecule has 0 atom stereocenters. The predicted octanol–water partition coefficient (Wildman–Crippen LogP) is 0.376. The number of piperazine rings is 1. The molecule has 0 aromatic heterocycles. The van der Waals surface area contributed by atoms with Crippen LogP contribution in [0.2, 0.25) is 0 Å². The van der Waals surface area contributed by atoms with Crippen LogP contribution < -0.4 is 5.32 Å². The van der Waals surface area contributed by atoms with Crippen molar-refractivity contribution in [3.05, 3.63) is 0 Å². The summed E-state index contributed by atoms with van der Waals surface area (Å²) >= 11 is 0. The molecule has 1 saturated carbocycles. The second-order valence-corrected chi connectivity index (χ2v) is 5.45. The summed E-state index contributed by atoms with van der Waals surface area (Å²) in [6, 6.07) is 0.857. The highest BCUT2D eigenvalue weighted by Crippen LogP contribution is 2.27. The molecule has 1 N–H and O–H groups in total. The summed E-state index contributed by atoms with van der Waals surface area (Å²) in [4.78, 5) is 5.36. The molecule has 3 heteroatoms. The maximum absolute atomic E-state index is 3.36. The lowest BCUT2D eigenvalue weighted by molar-refractivity contribution is 0.0575. The van der Waals surface area contributed by atoms with Gasteiger partial charge in [-0.15, -0.1) is 0 Å². The topological polar surface area (TPSA) is 18.5 Å². The fourth-order valence-electron chi connectivity index (χ4n) is 2.88. The van der Waals surface area contributed by atoms with Crippen molar-refractivity contribution in [1.82, 2.24) is 15.1 Å². The van der Waals surface area contributed by atoms with E-state index in [0.29, 0.717) is 0 Å². The van der Waals surface area contributed by atoms with Gasteiger partial charge in [0, 0.05) is 51.9 Å². The van der Waals surface area contributed by atoms with E-state index in [1.807, 2.05) is 0 Å². The van der Waals surface area contributed by atoms with Gasteiger partial charge in [0.2, 0.25) is 0 Å². The van der Waals surface area contributed by atoms with E-state index in [4.69, 9.17) is 0 Å². The summed E-state index contributed by atoms with van der Waals surface area (Å²) in [6.07, 6.45) is 4.47. The number of rotatable bonds is 3. The molecule has 1 aliphatic carbocycles. The average molecular weight is 209 g/mol. The molecule has 0 aromatic rings. The highest BCUT2D eigenvalue weighted by molar-refractivity contribution is 4.88. The lowest BCUT2D eigenvalue weighted by Gasteiger charge is -2.44. The third kappa shape index (κ3) is 2.19. The van der Waals surface area contributed by atoms with Crippen molar-refractivity contribution >= 4 is 0 Å². The smallest absolute Gasteiger partial charge is 0.0346 e. The van der Waals surface area contributed by atoms with Crippen LogP contribution in [0.15, 0.2) is 0 Å². The van der Waals surface area contributed by atoms with E-state index in [2.05, 4.69) is 15.1 Å². The van der Waals surface area contributed by atoms with Crippen LogP contribution in [-0.4, -0.2) is 61.7 Å². The van der Waals surface area contributed by atoms with Crippen LogP contribution in [-0.2, 0) is 0 Å². The van der Waals surface area contributed by atoms with Gasteiger partial charge in [0.1, 0.15) is 0 Å². The Bertz CT molecular complexity index is 203. The van der Waals surface area contributed by atoms with Crippen LogP contribution in [0.4, 0.5) is 0 Å². The number of nitrogens with zero attached hydrogens (tertiary/aromatic N) is 2. The second kappa shape index (κ2) is 4.40. The molecule has 2 saturated heterocycles. The largest absolute Gasteiger partial charge is 0.314 e. The van der Waals surface area contributed by atoms with E-state index in [1.165, 1.54) is 65.1 Å². The Morgan fingerprint density at radius 2 is 1.73 bits per heavy atom. The molecule has 0 spiro atoms. The van der Waals surface area contributed by atoms with E-state index in [1.54, 1.807) is 0 Å². The van der Waals surface area contributed by atoms with Crippen molar-refractivity contribution in [2.45, 2.75) is 25.3 Å². The zero-order chi connectivity index (χ0) is 10.1. The lowest BCUT2D eigenvalue weighted by Crippen LogP contribution is -2.61. The minimum absolute atomic E-state index is 0.857. The maximum Gasteiger partial charge on any atom is 0.0346 e.